The number of pyridine rings is 1. The van der Waals surface area contributed by atoms with Gasteiger partial charge in [0.2, 0.25) is 0 Å². The lowest BCUT2D eigenvalue weighted by molar-refractivity contribution is 0.310. The molecule has 5 heteroatoms. The molecule has 0 spiro atoms. The van der Waals surface area contributed by atoms with Crippen molar-refractivity contribution in [3.63, 3.8) is 0 Å². The number of anilines is 1. The summed E-state index contributed by atoms with van der Waals surface area (Å²) < 4.78 is 7.75. The van der Waals surface area contributed by atoms with Crippen molar-refractivity contribution >= 4 is 16.6 Å². The number of rotatable bonds is 4. The van der Waals surface area contributed by atoms with E-state index in [9.17, 15) is 0 Å². The first-order valence-corrected chi connectivity index (χ1v) is 6.55. The molecular weight excluding hydrogens is 252 g/mol. The number of aromatic nitrogens is 3. The van der Waals surface area contributed by atoms with E-state index >= 15 is 0 Å². The molecule has 2 aromatic heterocycles. The summed E-state index contributed by atoms with van der Waals surface area (Å²) in [5, 5.41) is 5.15. The molecule has 0 bridgehead atoms. The lowest BCUT2D eigenvalue weighted by Crippen LogP contribution is -1.97. The molecule has 3 rings (SSSR count). The Bertz CT molecular complexity index is 736. The zero-order valence-corrected chi connectivity index (χ0v) is 11.3. The van der Waals surface area contributed by atoms with E-state index in [1.807, 2.05) is 41.3 Å². The number of nitrogens with two attached hydrogens (primary N) is 1. The van der Waals surface area contributed by atoms with Gasteiger partial charge in [-0.2, -0.15) is 5.10 Å². The SMILES string of the molecule is CCn1cc(COc2ccc(N)c3ncccc23)cn1. The maximum atomic E-state index is 5.92. The summed E-state index contributed by atoms with van der Waals surface area (Å²) in [4.78, 5) is 4.29. The van der Waals surface area contributed by atoms with Gasteiger partial charge in [0, 0.05) is 29.9 Å². The van der Waals surface area contributed by atoms with Crippen molar-refractivity contribution in [1.29, 1.82) is 0 Å². The van der Waals surface area contributed by atoms with Crippen LogP contribution in [0.25, 0.3) is 10.9 Å². The van der Waals surface area contributed by atoms with Gasteiger partial charge in [-0.3, -0.25) is 9.67 Å². The predicted octanol–water partition coefficient (Wildman–Crippen LogP) is 2.61. The number of benzene rings is 1. The third-order valence-electron chi connectivity index (χ3n) is 3.17. The van der Waals surface area contributed by atoms with Crippen molar-refractivity contribution < 1.29 is 4.74 Å². The summed E-state index contributed by atoms with van der Waals surface area (Å²) in [5.41, 5.74) is 8.40. The lowest BCUT2D eigenvalue weighted by atomic mass is 10.2. The number of aryl methyl sites for hydroxylation is 1. The average Bonchev–Trinajstić information content (AvgIpc) is 2.95. The third kappa shape index (κ3) is 2.30. The Hall–Kier alpha value is -2.56. The fourth-order valence-corrected chi connectivity index (χ4v) is 2.11. The van der Waals surface area contributed by atoms with Crippen LogP contribution in [0.1, 0.15) is 12.5 Å². The fraction of sp³-hybridized carbons (Fsp3) is 0.200. The van der Waals surface area contributed by atoms with Crippen LogP contribution in [0.5, 0.6) is 5.75 Å². The minimum atomic E-state index is 0.480. The summed E-state index contributed by atoms with van der Waals surface area (Å²) in [5.74, 6) is 0.784. The monoisotopic (exact) mass is 268 g/mol. The van der Waals surface area contributed by atoms with E-state index in [0.29, 0.717) is 12.3 Å². The second-order valence-electron chi connectivity index (χ2n) is 4.55. The predicted molar refractivity (Wildman–Crippen MR) is 78.4 cm³/mol. The number of hydrogen-bond acceptors (Lipinski definition) is 4. The highest BCUT2D eigenvalue weighted by Gasteiger charge is 2.06. The van der Waals surface area contributed by atoms with Crippen LogP contribution in [0.15, 0.2) is 42.9 Å². The number of ether oxygens (including phenoxy) is 1. The van der Waals surface area contributed by atoms with Crippen LogP contribution in [-0.4, -0.2) is 14.8 Å². The van der Waals surface area contributed by atoms with Gasteiger partial charge in [-0.1, -0.05) is 0 Å². The second-order valence-corrected chi connectivity index (χ2v) is 4.55. The smallest absolute Gasteiger partial charge is 0.129 e. The molecule has 0 atom stereocenters. The first kappa shape index (κ1) is 12.5. The standard InChI is InChI=1S/C15H16N4O/c1-2-19-9-11(8-18-19)10-20-14-6-5-13(16)15-12(14)4-3-7-17-15/h3-9H,2,10,16H2,1H3. The zero-order chi connectivity index (χ0) is 13.9. The van der Waals surface area contributed by atoms with Crippen molar-refractivity contribution in [2.45, 2.75) is 20.1 Å². The maximum absolute atomic E-state index is 5.92. The molecule has 0 saturated carbocycles. The van der Waals surface area contributed by atoms with Crippen LogP contribution in [0.3, 0.4) is 0 Å². The van der Waals surface area contributed by atoms with E-state index in [1.54, 1.807) is 6.20 Å². The first-order chi connectivity index (χ1) is 9.78. The Morgan fingerprint density at radius 2 is 2.20 bits per heavy atom. The van der Waals surface area contributed by atoms with Gasteiger partial charge < -0.3 is 10.5 Å². The Morgan fingerprint density at radius 1 is 1.30 bits per heavy atom. The van der Waals surface area contributed by atoms with Crippen LogP contribution < -0.4 is 10.5 Å². The number of hydrogen-bond donors (Lipinski definition) is 1. The molecule has 0 aliphatic heterocycles. The minimum absolute atomic E-state index is 0.480. The molecule has 0 fully saturated rings. The molecule has 0 radical (unpaired) electrons. The molecule has 0 amide bonds. The molecule has 0 aliphatic rings. The van der Waals surface area contributed by atoms with Crippen LogP contribution in [0.4, 0.5) is 5.69 Å². The molecule has 0 unspecified atom stereocenters. The molecule has 2 heterocycles. The van der Waals surface area contributed by atoms with E-state index < -0.39 is 0 Å². The van der Waals surface area contributed by atoms with E-state index in [-0.39, 0.29) is 0 Å². The quantitative estimate of drug-likeness (QED) is 0.739. The van der Waals surface area contributed by atoms with Crippen LogP contribution in [0, 0.1) is 0 Å². The molecule has 102 valence electrons. The zero-order valence-electron chi connectivity index (χ0n) is 11.3. The van der Waals surface area contributed by atoms with Gasteiger partial charge in [0.05, 0.1) is 17.4 Å². The van der Waals surface area contributed by atoms with Crippen molar-refractivity contribution in [2.75, 3.05) is 5.73 Å². The molecule has 1 aromatic carbocycles. The van der Waals surface area contributed by atoms with Crippen molar-refractivity contribution in [1.82, 2.24) is 14.8 Å². The molecule has 0 aliphatic carbocycles. The van der Waals surface area contributed by atoms with E-state index in [4.69, 9.17) is 10.5 Å². The van der Waals surface area contributed by atoms with Crippen molar-refractivity contribution in [2.24, 2.45) is 0 Å². The summed E-state index contributed by atoms with van der Waals surface area (Å²) in [7, 11) is 0. The fourth-order valence-electron chi connectivity index (χ4n) is 2.11. The highest BCUT2D eigenvalue weighted by Crippen LogP contribution is 2.28. The first-order valence-electron chi connectivity index (χ1n) is 6.55. The van der Waals surface area contributed by atoms with E-state index in [0.717, 1.165) is 28.8 Å². The number of fused-ring (bicyclic) bond motifs is 1. The highest BCUT2D eigenvalue weighted by molar-refractivity contribution is 5.93. The molecule has 2 N–H and O–H groups in total. The highest BCUT2D eigenvalue weighted by atomic mass is 16.5. The third-order valence-corrected chi connectivity index (χ3v) is 3.17. The van der Waals surface area contributed by atoms with Gasteiger partial charge in [0.15, 0.2) is 0 Å². The lowest BCUT2D eigenvalue weighted by Gasteiger charge is -2.09. The Kier molecular flexibility index (Phi) is 3.25. The molecule has 3 aromatic rings. The van der Waals surface area contributed by atoms with Crippen molar-refractivity contribution in [3.05, 3.63) is 48.4 Å². The summed E-state index contributed by atoms with van der Waals surface area (Å²) in [6.45, 7) is 3.39. The molecule has 20 heavy (non-hydrogen) atoms. The van der Waals surface area contributed by atoms with Gasteiger partial charge in [0.1, 0.15) is 12.4 Å². The van der Waals surface area contributed by atoms with Crippen molar-refractivity contribution in [3.8, 4) is 5.75 Å². The average molecular weight is 268 g/mol. The van der Waals surface area contributed by atoms with Crippen LogP contribution >= 0.6 is 0 Å². The Balaban J connectivity index is 1.86. The number of nitrogen functional groups attached to an aromatic ring is 1. The van der Waals surface area contributed by atoms with E-state index in [1.165, 1.54) is 0 Å². The summed E-state index contributed by atoms with van der Waals surface area (Å²) in [6.07, 6.45) is 5.53. The van der Waals surface area contributed by atoms with Gasteiger partial charge >= 0.3 is 0 Å². The number of nitrogens with zero attached hydrogens (tertiary/aromatic N) is 3. The normalized spacial score (nSPS) is 10.8. The maximum Gasteiger partial charge on any atom is 0.129 e. The molecule has 5 nitrogen and oxygen atoms in total. The van der Waals surface area contributed by atoms with Gasteiger partial charge in [-0.05, 0) is 31.2 Å². The van der Waals surface area contributed by atoms with Gasteiger partial charge in [0.25, 0.3) is 0 Å². The molecule has 0 saturated heterocycles. The Morgan fingerprint density at radius 3 is 3.00 bits per heavy atom. The molecular formula is C15H16N4O. The topological polar surface area (TPSA) is 66.0 Å². The van der Waals surface area contributed by atoms with Gasteiger partial charge in [-0.15, -0.1) is 0 Å². The summed E-state index contributed by atoms with van der Waals surface area (Å²) >= 11 is 0. The van der Waals surface area contributed by atoms with E-state index in [2.05, 4.69) is 17.0 Å². The summed E-state index contributed by atoms with van der Waals surface area (Å²) in [6, 6.07) is 7.54. The second kappa shape index (κ2) is 5.21. The Labute approximate surface area is 117 Å². The van der Waals surface area contributed by atoms with Crippen LogP contribution in [-0.2, 0) is 13.2 Å². The minimum Gasteiger partial charge on any atom is -0.488 e. The van der Waals surface area contributed by atoms with Crippen LogP contribution in [0.2, 0.25) is 0 Å². The van der Waals surface area contributed by atoms with Gasteiger partial charge in [-0.25, -0.2) is 0 Å². The largest absolute Gasteiger partial charge is 0.488 e.